The Morgan fingerprint density at radius 2 is 1.58 bits per heavy atom. The van der Waals surface area contributed by atoms with Crippen LogP contribution in [0, 0.1) is 0 Å². The van der Waals surface area contributed by atoms with Crippen LogP contribution >= 0.6 is 11.3 Å². The molecule has 0 aliphatic heterocycles. The van der Waals surface area contributed by atoms with E-state index < -0.39 is 17.2 Å². The second-order valence-corrected chi connectivity index (χ2v) is 10.9. The average Bonchev–Trinajstić information content (AvgIpc) is 3.49. The number of rotatable bonds is 9. The molecule has 0 saturated heterocycles. The van der Waals surface area contributed by atoms with E-state index >= 15 is 0 Å². The zero-order valence-corrected chi connectivity index (χ0v) is 23.8. The lowest BCUT2D eigenvalue weighted by Crippen LogP contribution is -2.40. The van der Waals surface area contributed by atoms with E-state index in [4.69, 9.17) is 0 Å². The molecule has 0 bridgehead atoms. The summed E-state index contributed by atoms with van der Waals surface area (Å²) in [6.07, 6.45) is 0.904. The molecule has 0 aliphatic carbocycles. The highest BCUT2D eigenvalue weighted by Crippen LogP contribution is 2.22. The van der Waals surface area contributed by atoms with Crippen LogP contribution in [0.25, 0.3) is 26.8 Å². The molecule has 10 heteroatoms. The van der Waals surface area contributed by atoms with Crippen LogP contribution in [0.3, 0.4) is 0 Å². The SMILES string of the molecule is O=C(Cc1ccc(-n2c(=O)c3ccccc3n(CC(=O)Nc3ccc4ncsc4c3)c2=O)cc1)NCCc1ccccc1. The number of fused-ring (bicyclic) bond motifs is 2. The molecule has 0 fully saturated rings. The Labute approximate surface area is 250 Å². The number of nitrogens with one attached hydrogen (secondary N) is 2. The highest BCUT2D eigenvalue weighted by molar-refractivity contribution is 7.16. The minimum absolute atomic E-state index is 0.116. The van der Waals surface area contributed by atoms with Crippen molar-refractivity contribution in [2.75, 3.05) is 11.9 Å². The molecule has 0 aliphatic rings. The number of thiazole rings is 1. The van der Waals surface area contributed by atoms with E-state index in [9.17, 15) is 19.2 Å². The molecular formula is C33H27N5O4S. The van der Waals surface area contributed by atoms with Gasteiger partial charge >= 0.3 is 5.69 Å². The average molecular weight is 590 g/mol. The summed E-state index contributed by atoms with van der Waals surface area (Å²) in [5.74, 6) is -0.524. The molecule has 2 N–H and O–H groups in total. The number of nitrogens with zero attached hydrogens (tertiary/aromatic N) is 3. The molecule has 0 spiro atoms. The number of carbonyl (C=O) groups excluding carboxylic acids is 2. The largest absolute Gasteiger partial charge is 0.355 e. The van der Waals surface area contributed by atoms with Gasteiger partial charge in [0.15, 0.2) is 0 Å². The van der Waals surface area contributed by atoms with Gasteiger partial charge in [0.2, 0.25) is 11.8 Å². The summed E-state index contributed by atoms with van der Waals surface area (Å²) in [5.41, 5.74) is 4.65. The Morgan fingerprint density at radius 1 is 0.814 bits per heavy atom. The molecule has 6 aromatic rings. The van der Waals surface area contributed by atoms with Crippen LogP contribution in [0.2, 0.25) is 0 Å². The van der Waals surface area contributed by atoms with Gasteiger partial charge in [0, 0.05) is 12.2 Å². The Morgan fingerprint density at radius 3 is 2.40 bits per heavy atom. The lowest BCUT2D eigenvalue weighted by Gasteiger charge is -2.14. The van der Waals surface area contributed by atoms with Crippen molar-refractivity contribution in [3.05, 3.63) is 135 Å². The second-order valence-electron chi connectivity index (χ2n) is 10.0. The number of hydrogen-bond donors (Lipinski definition) is 2. The fourth-order valence-electron chi connectivity index (χ4n) is 4.98. The normalized spacial score (nSPS) is 11.1. The predicted octanol–water partition coefficient (Wildman–Crippen LogP) is 4.30. The molecule has 2 heterocycles. The van der Waals surface area contributed by atoms with Gasteiger partial charge in [-0.3, -0.25) is 19.0 Å². The number of anilines is 1. The van der Waals surface area contributed by atoms with Crippen molar-refractivity contribution in [1.82, 2.24) is 19.4 Å². The number of benzene rings is 4. The van der Waals surface area contributed by atoms with Gasteiger partial charge in [0.05, 0.1) is 38.7 Å². The van der Waals surface area contributed by atoms with Crippen molar-refractivity contribution < 1.29 is 9.59 Å². The van der Waals surface area contributed by atoms with Crippen molar-refractivity contribution in [2.45, 2.75) is 19.4 Å². The first-order valence-electron chi connectivity index (χ1n) is 13.7. The van der Waals surface area contributed by atoms with Gasteiger partial charge < -0.3 is 10.6 Å². The maximum atomic E-state index is 13.7. The molecule has 43 heavy (non-hydrogen) atoms. The lowest BCUT2D eigenvalue weighted by atomic mass is 10.1. The topological polar surface area (TPSA) is 115 Å². The number of carbonyl (C=O) groups is 2. The number of aromatic nitrogens is 3. The van der Waals surface area contributed by atoms with Crippen molar-refractivity contribution in [3.8, 4) is 5.69 Å². The summed E-state index contributed by atoms with van der Waals surface area (Å²) in [6, 6.07) is 28.8. The molecule has 4 aromatic carbocycles. The Hall–Kier alpha value is -5.35. The third-order valence-electron chi connectivity index (χ3n) is 7.11. The molecule has 0 saturated carbocycles. The summed E-state index contributed by atoms with van der Waals surface area (Å²) in [5, 5.41) is 6.08. The van der Waals surface area contributed by atoms with Crippen LogP contribution in [0.4, 0.5) is 5.69 Å². The van der Waals surface area contributed by atoms with E-state index in [2.05, 4.69) is 15.6 Å². The third kappa shape index (κ3) is 6.14. The van der Waals surface area contributed by atoms with Crippen LogP contribution in [0.15, 0.2) is 112 Å². The summed E-state index contributed by atoms with van der Waals surface area (Å²) < 4.78 is 3.29. The molecule has 0 unspecified atom stereocenters. The molecule has 2 amide bonds. The van der Waals surface area contributed by atoms with Crippen molar-refractivity contribution in [1.29, 1.82) is 0 Å². The zero-order chi connectivity index (χ0) is 29.8. The Kier molecular flexibility index (Phi) is 7.92. The first-order valence-corrected chi connectivity index (χ1v) is 14.6. The molecule has 6 rings (SSSR count). The summed E-state index contributed by atoms with van der Waals surface area (Å²) in [4.78, 5) is 57.0. The van der Waals surface area contributed by atoms with Gasteiger partial charge in [-0.05, 0) is 60.0 Å². The van der Waals surface area contributed by atoms with E-state index in [1.54, 1.807) is 60.1 Å². The van der Waals surface area contributed by atoms with Crippen LogP contribution in [0.5, 0.6) is 0 Å². The fraction of sp³-hybridized carbons (Fsp3) is 0.121. The van der Waals surface area contributed by atoms with Gasteiger partial charge in [0.1, 0.15) is 6.54 Å². The minimum Gasteiger partial charge on any atom is -0.355 e. The van der Waals surface area contributed by atoms with E-state index in [-0.39, 0.29) is 18.9 Å². The highest BCUT2D eigenvalue weighted by atomic mass is 32.1. The summed E-state index contributed by atoms with van der Waals surface area (Å²) in [7, 11) is 0. The van der Waals surface area contributed by atoms with Crippen LogP contribution in [-0.4, -0.2) is 32.5 Å². The van der Waals surface area contributed by atoms with Gasteiger partial charge in [-0.1, -0.05) is 54.6 Å². The second kappa shape index (κ2) is 12.3. The van der Waals surface area contributed by atoms with Gasteiger partial charge in [-0.2, -0.15) is 0 Å². The quantitative estimate of drug-likeness (QED) is 0.261. The van der Waals surface area contributed by atoms with Crippen molar-refractivity contribution in [2.24, 2.45) is 0 Å². The third-order valence-corrected chi connectivity index (χ3v) is 7.90. The first kappa shape index (κ1) is 27.8. The van der Waals surface area contributed by atoms with E-state index in [1.165, 1.54) is 15.9 Å². The lowest BCUT2D eigenvalue weighted by molar-refractivity contribution is -0.120. The van der Waals surface area contributed by atoms with Crippen LogP contribution in [0.1, 0.15) is 11.1 Å². The molecular weight excluding hydrogens is 562 g/mol. The van der Waals surface area contributed by atoms with E-state index in [0.29, 0.717) is 28.8 Å². The van der Waals surface area contributed by atoms with Crippen molar-refractivity contribution in [3.63, 3.8) is 0 Å². The molecule has 9 nitrogen and oxygen atoms in total. The zero-order valence-electron chi connectivity index (χ0n) is 23.0. The summed E-state index contributed by atoms with van der Waals surface area (Å²) in [6.45, 7) is 0.238. The van der Waals surface area contributed by atoms with Gasteiger partial charge in [-0.25, -0.2) is 14.3 Å². The Balaban J connectivity index is 1.21. The number of hydrogen-bond acceptors (Lipinski definition) is 6. The molecule has 0 radical (unpaired) electrons. The smallest absolute Gasteiger partial charge is 0.336 e. The van der Waals surface area contributed by atoms with Crippen LogP contribution < -0.4 is 21.9 Å². The Bertz CT molecular complexity index is 2060. The summed E-state index contributed by atoms with van der Waals surface area (Å²) >= 11 is 1.47. The first-order chi connectivity index (χ1) is 21.0. The highest BCUT2D eigenvalue weighted by Gasteiger charge is 2.17. The monoisotopic (exact) mass is 589 g/mol. The minimum atomic E-state index is -0.636. The predicted molar refractivity (Wildman–Crippen MR) is 169 cm³/mol. The van der Waals surface area contributed by atoms with Gasteiger partial charge in [0.25, 0.3) is 5.56 Å². The maximum Gasteiger partial charge on any atom is 0.336 e. The van der Waals surface area contributed by atoms with Crippen molar-refractivity contribution >= 4 is 50.0 Å². The van der Waals surface area contributed by atoms with E-state index in [1.807, 2.05) is 42.5 Å². The van der Waals surface area contributed by atoms with Gasteiger partial charge in [-0.15, -0.1) is 11.3 Å². The molecule has 0 atom stereocenters. The van der Waals surface area contributed by atoms with E-state index in [0.717, 1.165) is 32.3 Å². The number of para-hydroxylation sites is 1. The number of amides is 2. The fourth-order valence-corrected chi connectivity index (χ4v) is 5.70. The standard InChI is InChI=1S/C33H27N5O4S/c39-30(34-17-16-22-6-2-1-3-7-22)18-23-10-13-25(14-11-23)38-32(41)26-8-4-5-9-28(26)37(33(38)42)20-31(40)36-24-12-15-27-29(19-24)43-21-35-27/h1-15,19,21H,16-18,20H2,(H,34,39)(H,36,40). The van der Waals surface area contributed by atoms with Crippen LogP contribution in [-0.2, 0) is 29.0 Å². The molecule has 2 aromatic heterocycles. The maximum absolute atomic E-state index is 13.7. The molecule has 214 valence electrons.